The van der Waals surface area contributed by atoms with Crippen molar-refractivity contribution < 1.29 is 28.2 Å². The molecule has 0 spiro atoms. The second-order valence-electron chi connectivity index (χ2n) is 8.65. The summed E-state index contributed by atoms with van der Waals surface area (Å²) in [5.41, 5.74) is 2.90. The summed E-state index contributed by atoms with van der Waals surface area (Å²) >= 11 is 0. The average Bonchev–Trinajstić information content (AvgIpc) is 2.82. The van der Waals surface area contributed by atoms with Gasteiger partial charge in [0.15, 0.2) is 5.78 Å². The van der Waals surface area contributed by atoms with Crippen molar-refractivity contribution in [2.75, 3.05) is 7.11 Å². The molecule has 2 aliphatic rings. The van der Waals surface area contributed by atoms with Gasteiger partial charge in [0.2, 0.25) is 0 Å². The smallest absolute Gasteiger partial charge is 0.337 e. The third kappa shape index (κ3) is 4.38. The van der Waals surface area contributed by atoms with E-state index in [1.807, 2.05) is 37.3 Å². The highest BCUT2D eigenvalue weighted by molar-refractivity contribution is 6.12. The second kappa shape index (κ2) is 9.63. The van der Waals surface area contributed by atoms with Crippen LogP contribution in [0.3, 0.4) is 0 Å². The van der Waals surface area contributed by atoms with Crippen molar-refractivity contribution in [1.82, 2.24) is 5.32 Å². The molecule has 176 valence electrons. The number of carbonyl (C=O) groups is 3. The van der Waals surface area contributed by atoms with Crippen LogP contribution >= 0.6 is 0 Å². The Labute approximate surface area is 197 Å². The molecule has 1 N–H and O–H groups in total. The lowest BCUT2D eigenvalue weighted by molar-refractivity contribution is -0.151. The summed E-state index contributed by atoms with van der Waals surface area (Å²) in [5.74, 6) is -4.32. The molecular weight excluding hydrogens is 437 g/mol. The molecule has 0 bridgehead atoms. The minimum atomic E-state index is -0.999. The van der Waals surface area contributed by atoms with Gasteiger partial charge in [-0.25, -0.2) is 9.18 Å². The molecule has 1 heterocycles. The minimum Gasteiger partial charge on any atom is -0.468 e. The normalized spacial score (nSPS) is 22.1. The average molecular weight is 464 g/mol. The quantitative estimate of drug-likeness (QED) is 0.529. The first kappa shape index (κ1) is 23.4. The van der Waals surface area contributed by atoms with Crippen molar-refractivity contribution in [2.24, 2.45) is 11.8 Å². The first-order valence-corrected chi connectivity index (χ1v) is 11.1. The lowest BCUT2D eigenvalue weighted by Crippen LogP contribution is -2.43. The zero-order chi connectivity index (χ0) is 24.4. The summed E-state index contributed by atoms with van der Waals surface area (Å²) in [5, 5.41) is 3.19. The number of ether oxygens (including phenoxy) is 2. The molecule has 0 aromatic heterocycles. The van der Waals surface area contributed by atoms with Crippen molar-refractivity contribution >= 4 is 17.7 Å². The topological polar surface area (TPSA) is 81.7 Å². The monoisotopic (exact) mass is 463 g/mol. The Hall–Kier alpha value is -3.74. The van der Waals surface area contributed by atoms with Gasteiger partial charge in [-0.3, -0.25) is 9.59 Å². The number of dihydropyridines is 1. The van der Waals surface area contributed by atoms with Gasteiger partial charge in [0, 0.05) is 22.9 Å². The number of nitrogens with one attached hydrogen (secondary N) is 1. The van der Waals surface area contributed by atoms with E-state index in [-0.39, 0.29) is 23.7 Å². The molecule has 0 fully saturated rings. The van der Waals surface area contributed by atoms with Crippen LogP contribution in [0.15, 0.2) is 77.1 Å². The molecule has 2 aromatic rings. The van der Waals surface area contributed by atoms with E-state index in [1.54, 1.807) is 13.0 Å². The minimum absolute atomic E-state index is 0.0496. The van der Waals surface area contributed by atoms with Crippen molar-refractivity contribution in [2.45, 2.75) is 32.8 Å². The largest absolute Gasteiger partial charge is 0.468 e. The number of esters is 2. The predicted molar refractivity (Wildman–Crippen MR) is 123 cm³/mol. The highest BCUT2D eigenvalue weighted by Gasteiger charge is 2.47. The first-order valence-electron chi connectivity index (χ1n) is 11.1. The van der Waals surface area contributed by atoms with Crippen LogP contribution in [0.5, 0.6) is 0 Å². The molecule has 6 nitrogen and oxygen atoms in total. The summed E-state index contributed by atoms with van der Waals surface area (Å²) < 4.78 is 24.7. The zero-order valence-electron chi connectivity index (χ0n) is 19.3. The lowest BCUT2D eigenvalue weighted by atomic mass is 9.69. The fourth-order valence-corrected chi connectivity index (χ4v) is 4.77. The van der Waals surface area contributed by atoms with Crippen LogP contribution in [0.25, 0.3) is 0 Å². The van der Waals surface area contributed by atoms with Gasteiger partial charge in [-0.05, 0) is 42.5 Å². The van der Waals surface area contributed by atoms with Gasteiger partial charge in [0.05, 0.1) is 12.7 Å². The molecule has 1 aliphatic carbocycles. The van der Waals surface area contributed by atoms with E-state index in [4.69, 9.17) is 9.47 Å². The standard InChI is InChI=1S/C27H26FNO5/c1-15-12-20-24(25(30)21(15)26(31)33-3)23(18-10-7-11-19(28)13-18)22(16(2)29-20)27(32)34-14-17-8-5-4-6-9-17/h4-11,13,15,21,23,29H,12,14H2,1-3H3/t15-,21-,23-/m1/s1. The van der Waals surface area contributed by atoms with Crippen molar-refractivity contribution in [3.8, 4) is 0 Å². The maximum Gasteiger partial charge on any atom is 0.337 e. The van der Waals surface area contributed by atoms with Gasteiger partial charge in [0.1, 0.15) is 18.3 Å². The number of benzene rings is 2. The van der Waals surface area contributed by atoms with Gasteiger partial charge in [-0.2, -0.15) is 0 Å². The zero-order valence-corrected chi connectivity index (χ0v) is 19.3. The Balaban J connectivity index is 1.77. The fraction of sp³-hybridized carbons (Fsp3) is 0.296. The van der Waals surface area contributed by atoms with E-state index in [0.717, 1.165) is 5.56 Å². The van der Waals surface area contributed by atoms with Crippen LogP contribution in [-0.2, 0) is 30.5 Å². The molecule has 7 heteroatoms. The molecule has 4 rings (SSSR count). The third-order valence-corrected chi connectivity index (χ3v) is 6.36. The molecule has 0 amide bonds. The van der Waals surface area contributed by atoms with E-state index in [0.29, 0.717) is 23.4 Å². The van der Waals surface area contributed by atoms with E-state index < -0.39 is 35.4 Å². The number of methoxy groups -OCH3 is 1. The summed E-state index contributed by atoms with van der Waals surface area (Å²) in [6.45, 7) is 3.59. The second-order valence-corrected chi connectivity index (χ2v) is 8.65. The summed E-state index contributed by atoms with van der Waals surface area (Å²) in [4.78, 5) is 39.4. The van der Waals surface area contributed by atoms with Crippen LogP contribution in [0.1, 0.15) is 37.3 Å². The van der Waals surface area contributed by atoms with Crippen LogP contribution in [0.4, 0.5) is 4.39 Å². The molecular formula is C27H26FNO5. The number of halogens is 1. The van der Waals surface area contributed by atoms with Gasteiger partial charge in [-0.15, -0.1) is 0 Å². The maximum absolute atomic E-state index is 14.2. The number of ketones is 1. The summed E-state index contributed by atoms with van der Waals surface area (Å²) in [6, 6.07) is 15.0. The fourth-order valence-electron chi connectivity index (χ4n) is 4.77. The molecule has 0 unspecified atom stereocenters. The van der Waals surface area contributed by atoms with Crippen LogP contribution in [0.2, 0.25) is 0 Å². The molecule has 1 aliphatic heterocycles. The molecule has 0 saturated carbocycles. The predicted octanol–water partition coefficient (Wildman–Crippen LogP) is 4.18. The Bertz CT molecular complexity index is 1200. The van der Waals surface area contributed by atoms with Gasteiger partial charge in [-0.1, -0.05) is 49.4 Å². The summed E-state index contributed by atoms with van der Waals surface area (Å²) in [6.07, 6.45) is 0.413. The molecule has 34 heavy (non-hydrogen) atoms. The Kier molecular flexibility index (Phi) is 6.63. The number of hydrogen-bond donors (Lipinski definition) is 1. The SMILES string of the molecule is COC(=O)[C@H]1C(=O)C2=C(C[C@H]1C)NC(C)=C(C(=O)OCc1ccccc1)[C@H]2c1cccc(F)c1. The number of allylic oxidation sites excluding steroid dienone is 3. The van der Waals surface area contributed by atoms with Crippen LogP contribution in [0, 0.1) is 17.7 Å². The number of carbonyl (C=O) groups excluding carboxylic acids is 3. The number of hydrogen-bond acceptors (Lipinski definition) is 6. The van der Waals surface area contributed by atoms with Crippen molar-refractivity contribution in [3.05, 3.63) is 94.1 Å². The third-order valence-electron chi connectivity index (χ3n) is 6.36. The molecule has 0 saturated heterocycles. The summed E-state index contributed by atoms with van der Waals surface area (Å²) in [7, 11) is 1.24. The Morgan fingerprint density at radius 3 is 2.53 bits per heavy atom. The van der Waals surface area contributed by atoms with Crippen molar-refractivity contribution in [1.29, 1.82) is 0 Å². The highest BCUT2D eigenvalue weighted by atomic mass is 19.1. The number of rotatable bonds is 5. The highest BCUT2D eigenvalue weighted by Crippen LogP contribution is 2.45. The Morgan fingerprint density at radius 1 is 1.12 bits per heavy atom. The van der Waals surface area contributed by atoms with E-state index in [9.17, 15) is 18.8 Å². The van der Waals surface area contributed by atoms with E-state index in [2.05, 4.69) is 5.32 Å². The van der Waals surface area contributed by atoms with Crippen LogP contribution in [-0.4, -0.2) is 24.8 Å². The molecule has 2 aromatic carbocycles. The first-order chi connectivity index (χ1) is 16.3. The molecule has 0 radical (unpaired) electrons. The van der Waals surface area contributed by atoms with Gasteiger partial charge >= 0.3 is 11.9 Å². The maximum atomic E-state index is 14.2. The Morgan fingerprint density at radius 2 is 1.85 bits per heavy atom. The number of Topliss-reactive ketones (excluding diaryl/α,β-unsaturated/α-hetero) is 1. The van der Waals surface area contributed by atoms with Gasteiger partial charge in [0.25, 0.3) is 0 Å². The van der Waals surface area contributed by atoms with Gasteiger partial charge < -0.3 is 14.8 Å². The molecule has 3 atom stereocenters. The lowest BCUT2D eigenvalue weighted by Gasteiger charge is -2.38. The van der Waals surface area contributed by atoms with Crippen LogP contribution < -0.4 is 5.32 Å². The van der Waals surface area contributed by atoms with E-state index >= 15 is 0 Å². The van der Waals surface area contributed by atoms with Crippen molar-refractivity contribution in [3.63, 3.8) is 0 Å². The van der Waals surface area contributed by atoms with E-state index in [1.165, 1.54) is 25.3 Å².